The normalized spacial score (nSPS) is 10.9. The van der Waals surface area contributed by atoms with Crippen molar-refractivity contribution in [1.29, 1.82) is 0 Å². The molecule has 0 radical (unpaired) electrons. The molecular formula is C13H16O3. The van der Waals surface area contributed by atoms with Crippen molar-refractivity contribution in [2.75, 3.05) is 0 Å². The molecule has 0 aliphatic heterocycles. The Bertz CT molecular complexity index is 374. The van der Waals surface area contributed by atoms with E-state index in [-0.39, 0.29) is 6.42 Å². The van der Waals surface area contributed by atoms with E-state index in [1.807, 2.05) is 30.3 Å². The molecular weight excluding hydrogens is 204 g/mol. The summed E-state index contributed by atoms with van der Waals surface area (Å²) >= 11 is 0. The lowest BCUT2D eigenvalue weighted by molar-refractivity contribution is -0.162. The van der Waals surface area contributed by atoms with Crippen molar-refractivity contribution in [2.45, 2.75) is 32.8 Å². The molecule has 1 aromatic rings. The van der Waals surface area contributed by atoms with E-state index in [1.165, 1.54) is 0 Å². The third kappa shape index (κ3) is 4.26. The topological polar surface area (TPSA) is 43.4 Å². The van der Waals surface area contributed by atoms with Gasteiger partial charge in [-0.05, 0) is 26.3 Å². The summed E-state index contributed by atoms with van der Waals surface area (Å²) in [6, 6.07) is 9.14. The van der Waals surface area contributed by atoms with Crippen LogP contribution in [0.5, 0.6) is 0 Å². The predicted octanol–water partition coefficient (Wildman–Crippen LogP) is 2.14. The van der Waals surface area contributed by atoms with Crippen molar-refractivity contribution in [2.24, 2.45) is 0 Å². The summed E-state index contributed by atoms with van der Waals surface area (Å²) in [5.41, 5.74) is 0.196. The van der Waals surface area contributed by atoms with Crippen LogP contribution < -0.4 is 0 Å². The van der Waals surface area contributed by atoms with E-state index in [0.29, 0.717) is 0 Å². The second kappa shape index (κ2) is 4.92. The van der Waals surface area contributed by atoms with E-state index in [4.69, 9.17) is 4.74 Å². The van der Waals surface area contributed by atoms with Gasteiger partial charge in [0, 0.05) is 6.42 Å². The maximum atomic E-state index is 11.5. The summed E-state index contributed by atoms with van der Waals surface area (Å²) in [4.78, 5) is 22.9. The van der Waals surface area contributed by atoms with Crippen molar-refractivity contribution in [3.05, 3.63) is 35.9 Å². The van der Waals surface area contributed by atoms with Gasteiger partial charge in [0.1, 0.15) is 5.60 Å². The van der Waals surface area contributed by atoms with Crippen molar-refractivity contribution in [1.82, 2.24) is 0 Å². The van der Waals surface area contributed by atoms with Gasteiger partial charge in [0.25, 0.3) is 0 Å². The average Bonchev–Trinajstić information content (AvgIpc) is 2.16. The number of Topliss-reactive ketones (excluding diaryl/α,β-unsaturated/α-hetero) is 1. The molecule has 0 aliphatic rings. The van der Waals surface area contributed by atoms with Gasteiger partial charge in [0.2, 0.25) is 5.78 Å². The molecule has 0 amide bonds. The monoisotopic (exact) mass is 220 g/mol. The highest BCUT2D eigenvalue weighted by molar-refractivity contribution is 6.34. The molecule has 0 unspecified atom stereocenters. The summed E-state index contributed by atoms with van der Waals surface area (Å²) in [7, 11) is 0. The number of esters is 1. The molecule has 0 aliphatic carbocycles. The van der Waals surface area contributed by atoms with Crippen LogP contribution in [0, 0.1) is 0 Å². The van der Waals surface area contributed by atoms with Crippen LogP contribution >= 0.6 is 0 Å². The van der Waals surface area contributed by atoms with Crippen LogP contribution in [0.2, 0.25) is 0 Å². The second-order valence-corrected chi connectivity index (χ2v) is 4.59. The summed E-state index contributed by atoms with van der Waals surface area (Å²) < 4.78 is 4.98. The van der Waals surface area contributed by atoms with Gasteiger partial charge in [0.15, 0.2) is 0 Å². The van der Waals surface area contributed by atoms with E-state index in [0.717, 1.165) is 5.56 Å². The minimum absolute atomic E-state index is 0.0930. The minimum Gasteiger partial charge on any atom is -0.454 e. The molecule has 0 heterocycles. The Balaban J connectivity index is 2.57. The molecule has 3 heteroatoms. The lowest BCUT2D eigenvalue weighted by atomic mass is 10.1. The molecule has 0 atom stereocenters. The van der Waals surface area contributed by atoms with Gasteiger partial charge in [-0.15, -0.1) is 0 Å². The minimum atomic E-state index is -0.767. The third-order valence-electron chi connectivity index (χ3n) is 1.83. The lowest BCUT2D eigenvalue weighted by Crippen LogP contribution is -2.29. The number of carbonyl (C=O) groups excluding carboxylic acids is 2. The molecule has 1 rings (SSSR count). The van der Waals surface area contributed by atoms with Gasteiger partial charge in [0.05, 0.1) is 0 Å². The van der Waals surface area contributed by atoms with Gasteiger partial charge in [-0.25, -0.2) is 4.79 Å². The van der Waals surface area contributed by atoms with Crippen LogP contribution in [-0.2, 0) is 20.7 Å². The molecule has 0 bridgehead atoms. The number of ketones is 1. The van der Waals surface area contributed by atoms with Gasteiger partial charge in [-0.2, -0.15) is 0 Å². The largest absolute Gasteiger partial charge is 0.454 e. The van der Waals surface area contributed by atoms with Gasteiger partial charge in [-0.1, -0.05) is 30.3 Å². The van der Waals surface area contributed by atoms with Gasteiger partial charge >= 0.3 is 5.97 Å². The number of hydrogen-bond acceptors (Lipinski definition) is 3. The Morgan fingerprint density at radius 1 is 1.12 bits per heavy atom. The van der Waals surface area contributed by atoms with E-state index in [2.05, 4.69) is 0 Å². The fourth-order valence-electron chi connectivity index (χ4n) is 1.19. The number of rotatable bonds is 3. The van der Waals surface area contributed by atoms with E-state index in [1.54, 1.807) is 20.8 Å². The van der Waals surface area contributed by atoms with Crippen LogP contribution in [0.25, 0.3) is 0 Å². The van der Waals surface area contributed by atoms with Crippen molar-refractivity contribution >= 4 is 11.8 Å². The first-order valence-corrected chi connectivity index (χ1v) is 5.18. The zero-order chi connectivity index (χ0) is 12.2. The Morgan fingerprint density at radius 2 is 1.69 bits per heavy atom. The van der Waals surface area contributed by atoms with Crippen LogP contribution in [0.4, 0.5) is 0 Å². The molecule has 0 fully saturated rings. The van der Waals surface area contributed by atoms with E-state index in [9.17, 15) is 9.59 Å². The first-order chi connectivity index (χ1) is 7.38. The summed E-state index contributed by atoms with van der Waals surface area (Å²) in [5, 5.41) is 0. The SMILES string of the molecule is CC(C)(C)OC(=O)C(=O)Cc1ccccc1. The molecule has 0 saturated carbocycles. The van der Waals surface area contributed by atoms with Gasteiger partial charge < -0.3 is 4.74 Å². The number of carbonyl (C=O) groups is 2. The fraction of sp³-hybridized carbons (Fsp3) is 0.385. The fourth-order valence-corrected chi connectivity index (χ4v) is 1.19. The first kappa shape index (κ1) is 12.4. The molecule has 0 spiro atoms. The average molecular weight is 220 g/mol. The summed E-state index contributed by atoms with van der Waals surface area (Å²) in [6.45, 7) is 5.21. The van der Waals surface area contributed by atoms with Crippen LogP contribution in [0.1, 0.15) is 26.3 Å². The third-order valence-corrected chi connectivity index (χ3v) is 1.83. The molecule has 3 nitrogen and oxygen atoms in total. The number of hydrogen-bond donors (Lipinski definition) is 0. The van der Waals surface area contributed by atoms with Crippen molar-refractivity contribution < 1.29 is 14.3 Å². The van der Waals surface area contributed by atoms with Crippen LogP contribution in [0.3, 0.4) is 0 Å². The standard InChI is InChI=1S/C13H16O3/c1-13(2,3)16-12(15)11(14)9-10-7-5-4-6-8-10/h4-8H,9H2,1-3H3. The highest BCUT2D eigenvalue weighted by atomic mass is 16.6. The molecule has 0 N–H and O–H groups in total. The molecule has 16 heavy (non-hydrogen) atoms. The zero-order valence-corrected chi connectivity index (χ0v) is 9.82. The highest BCUT2D eigenvalue weighted by Gasteiger charge is 2.22. The molecule has 0 saturated heterocycles. The van der Waals surface area contributed by atoms with E-state index < -0.39 is 17.4 Å². The van der Waals surface area contributed by atoms with Crippen LogP contribution in [-0.4, -0.2) is 17.4 Å². The molecule has 1 aromatic carbocycles. The Hall–Kier alpha value is -1.64. The maximum Gasteiger partial charge on any atom is 0.375 e. The molecule has 0 aromatic heterocycles. The second-order valence-electron chi connectivity index (χ2n) is 4.59. The highest BCUT2D eigenvalue weighted by Crippen LogP contribution is 2.08. The van der Waals surface area contributed by atoms with E-state index >= 15 is 0 Å². The Labute approximate surface area is 95.4 Å². The predicted molar refractivity (Wildman–Crippen MR) is 61.0 cm³/mol. The lowest BCUT2D eigenvalue weighted by Gasteiger charge is -2.18. The first-order valence-electron chi connectivity index (χ1n) is 5.18. The number of benzene rings is 1. The van der Waals surface area contributed by atoms with Crippen LogP contribution in [0.15, 0.2) is 30.3 Å². The van der Waals surface area contributed by atoms with Gasteiger partial charge in [-0.3, -0.25) is 4.79 Å². The summed E-state index contributed by atoms with van der Waals surface area (Å²) in [6.07, 6.45) is 0.0930. The zero-order valence-electron chi connectivity index (χ0n) is 9.82. The molecule has 86 valence electrons. The van der Waals surface area contributed by atoms with Crippen molar-refractivity contribution in [3.63, 3.8) is 0 Å². The Kier molecular flexibility index (Phi) is 3.82. The summed E-state index contributed by atoms with van der Waals surface area (Å²) in [5.74, 6) is -1.28. The smallest absolute Gasteiger partial charge is 0.375 e. The van der Waals surface area contributed by atoms with Crippen molar-refractivity contribution in [3.8, 4) is 0 Å². The number of ether oxygens (including phenoxy) is 1. The quantitative estimate of drug-likeness (QED) is 0.579. The Morgan fingerprint density at radius 3 is 2.19 bits per heavy atom. The maximum absolute atomic E-state index is 11.5.